The third kappa shape index (κ3) is 7.22. The van der Waals surface area contributed by atoms with Crippen molar-refractivity contribution >= 4 is 23.5 Å². The van der Waals surface area contributed by atoms with Crippen molar-refractivity contribution in [3.63, 3.8) is 0 Å². The number of nitrogens with one attached hydrogen (secondary N) is 2. The van der Waals surface area contributed by atoms with E-state index < -0.39 is 0 Å². The molecule has 1 unspecified atom stereocenters. The minimum atomic E-state index is -0.205. The molecule has 1 aliphatic heterocycles. The molecule has 0 aliphatic carbocycles. The molecule has 3 amide bonds. The fraction of sp³-hybridized carbons (Fsp3) is 0.417. The largest absolute Gasteiger partial charge is 0.379 e. The van der Waals surface area contributed by atoms with Crippen LogP contribution >= 0.6 is 11.6 Å². The molecule has 172 valence electrons. The summed E-state index contributed by atoms with van der Waals surface area (Å²) in [5.41, 5.74) is 2.05. The number of hydrogen-bond acceptors (Lipinski definition) is 4. The SMILES string of the molecule is CN(Cc1ccccc1)C(=O)NCCC(=O)NCC(c1ccccc1Cl)N1CCOCC1. The van der Waals surface area contributed by atoms with Crippen LogP contribution in [0.2, 0.25) is 5.02 Å². The summed E-state index contributed by atoms with van der Waals surface area (Å²) in [7, 11) is 1.74. The molecule has 0 spiro atoms. The Morgan fingerprint density at radius 2 is 1.75 bits per heavy atom. The van der Waals surface area contributed by atoms with Crippen LogP contribution in [0.1, 0.15) is 23.6 Å². The monoisotopic (exact) mass is 458 g/mol. The standard InChI is InChI=1S/C24H31ClN4O3/c1-28(18-19-7-3-2-4-8-19)24(31)26-12-11-23(30)27-17-22(29-13-15-32-16-14-29)20-9-5-6-10-21(20)25/h2-10,22H,11-18H2,1H3,(H,26,31)(H,27,30). The van der Waals surface area contributed by atoms with Gasteiger partial charge in [-0.25, -0.2) is 4.79 Å². The van der Waals surface area contributed by atoms with Crippen molar-refractivity contribution < 1.29 is 14.3 Å². The first kappa shape index (κ1) is 24.0. The normalized spacial score (nSPS) is 15.1. The molecule has 1 aliphatic rings. The van der Waals surface area contributed by atoms with Crippen molar-refractivity contribution in [1.29, 1.82) is 0 Å². The second-order valence-corrected chi connectivity index (χ2v) is 8.22. The maximum absolute atomic E-state index is 12.4. The van der Waals surface area contributed by atoms with Gasteiger partial charge in [0.15, 0.2) is 0 Å². The molecule has 1 heterocycles. The van der Waals surface area contributed by atoms with Crippen molar-refractivity contribution in [2.75, 3.05) is 46.4 Å². The number of halogens is 1. The van der Waals surface area contributed by atoms with Gasteiger partial charge in [0.25, 0.3) is 0 Å². The predicted molar refractivity (Wildman–Crippen MR) is 126 cm³/mol. The second-order valence-electron chi connectivity index (χ2n) is 7.81. The van der Waals surface area contributed by atoms with Gasteiger partial charge in [-0.1, -0.05) is 60.1 Å². The van der Waals surface area contributed by atoms with E-state index in [0.717, 1.165) is 24.2 Å². The van der Waals surface area contributed by atoms with Crippen LogP contribution in [0.3, 0.4) is 0 Å². The number of nitrogens with zero attached hydrogens (tertiary/aromatic N) is 2. The van der Waals surface area contributed by atoms with Crippen LogP contribution in [0.15, 0.2) is 54.6 Å². The Labute approximate surface area is 194 Å². The summed E-state index contributed by atoms with van der Waals surface area (Å²) in [6, 6.07) is 17.3. The van der Waals surface area contributed by atoms with E-state index in [2.05, 4.69) is 15.5 Å². The number of amides is 3. The lowest BCUT2D eigenvalue weighted by Crippen LogP contribution is -2.44. The molecule has 1 fully saturated rings. The van der Waals surface area contributed by atoms with Crippen LogP contribution in [0.5, 0.6) is 0 Å². The average Bonchev–Trinajstić information content (AvgIpc) is 2.81. The number of rotatable bonds is 9. The van der Waals surface area contributed by atoms with E-state index in [1.807, 2.05) is 54.6 Å². The Morgan fingerprint density at radius 3 is 2.47 bits per heavy atom. The van der Waals surface area contributed by atoms with Crippen LogP contribution < -0.4 is 10.6 Å². The summed E-state index contributed by atoms with van der Waals surface area (Å²) in [6.07, 6.45) is 0.212. The van der Waals surface area contributed by atoms with E-state index in [-0.39, 0.29) is 30.9 Å². The minimum Gasteiger partial charge on any atom is -0.379 e. The Kier molecular flexibility index (Phi) is 9.34. The van der Waals surface area contributed by atoms with Crippen molar-refractivity contribution in [3.05, 3.63) is 70.7 Å². The van der Waals surface area contributed by atoms with Gasteiger partial charge < -0.3 is 20.3 Å². The zero-order valence-corrected chi connectivity index (χ0v) is 19.2. The molecule has 32 heavy (non-hydrogen) atoms. The van der Waals surface area contributed by atoms with Gasteiger partial charge in [-0.3, -0.25) is 9.69 Å². The van der Waals surface area contributed by atoms with Crippen LogP contribution in [0, 0.1) is 0 Å². The molecule has 1 saturated heterocycles. The van der Waals surface area contributed by atoms with Gasteiger partial charge in [0.2, 0.25) is 5.91 Å². The van der Waals surface area contributed by atoms with Gasteiger partial charge in [0, 0.05) is 51.2 Å². The lowest BCUT2D eigenvalue weighted by Gasteiger charge is -2.35. The fourth-order valence-electron chi connectivity index (χ4n) is 3.72. The number of ether oxygens (including phenoxy) is 1. The highest BCUT2D eigenvalue weighted by Gasteiger charge is 2.24. The molecular formula is C24H31ClN4O3. The highest BCUT2D eigenvalue weighted by Crippen LogP contribution is 2.27. The first-order chi connectivity index (χ1) is 15.5. The minimum absolute atomic E-state index is 0.0249. The van der Waals surface area contributed by atoms with Gasteiger partial charge in [-0.15, -0.1) is 0 Å². The molecule has 2 N–H and O–H groups in total. The fourth-order valence-corrected chi connectivity index (χ4v) is 3.98. The van der Waals surface area contributed by atoms with Crippen LogP contribution in [-0.4, -0.2) is 68.2 Å². The zero-order valence-electron chi connectivity index (χ0n) is 18.4. The van der Waals surface area contributed by atoms with Gasteiger partial charge >= 0.3 is 6.03 Å². The van der Waals surface area contributed by atoms with Gasteiger partial charge in [0.05, 0.1) is 19.3 Å². The second kappa shape index (κ2) is 12.4. The molecular weight excluding hydrogens is 428 g/mol. The number of morpholine rings is 1. The smallest absolute Gasteiger partial charge is 0.317 e. The Hall–Kier alpha value is -2.61. The van der Waals surface area contributed by atoms with Crippen molar-refractivity contribution in [3.8, 4) is 0 Å². The van der Waals surface area contributed by atoms with Gasteiger partial charge in [0.1, 0.15) is 0 Å². The number of hydrogen-bond donors (Lipinski definition) is 2. The van der Waals surface area contributed by atoms with E-state index in [0.29, 0.717) is 31.3 Å². The highest BCUT2D eigenvalue weighted by molar-refractivity contribution is 6.31. The molecule has 2 aromatic carbocycles. The van der Waals surface area contributed by atoms with Crippen LogP contribution in [0.4, 0.5) is 4.79 Å². The molecule has 3 rings (SSSR count). The molecule has 0 saturated carbocycles. The number of urea groups is 1. The molecule has 0 radical (unpaired) electrons. The number of carbonyl (C=O) groups excluding carboxylic acids is 2. The summed E-state index contributed by atoms with van der Waals surface area (Å²) in [4.78, 5) is 28.6. The summed E-state index contributed by atoms with van der Waals surface area (Å²) < 4.78 is 5.47. The lowest BCUT2D eigenvalue weighted by atomic mass is 10.0. The van der Waals surface area contributed by atoms with Crippen LogP contribution in [0.25, 0.3) is 0 Å². The topological polar surface area (TPSA) is 73.9 Å². The Balaban J connectivity index is 1.45. The van der Waals surface area contributed by atoms with Gasteiger partial charge in [-0.05, 0) is 17.2 Å². The third-order valence-electron chi connectivity index (χ3n) is 5.48. The first-order valence-corrected chi connectivity index (χ1v) is 11.3. The van der Waals surface area contributed by atoms with E-state index in [4.69, 9.17) is 16.3 Å². The molecule has 0 aromatic heterocycles. The quantitative estimate of drug-likeness (QED) is 0.605. The average molecular weight is 459 g/mol. The summed E-state index contributed by atoms with van der Waals surface area (Å²) in [5.74, 6) is -0.110. The summed E-state index contributed by atoms with van der Waals surface area (Å²) in [5, 5.41) is 6.49. The molecule has 8 heteroatoms. The molecule has 1 atom stereocenters. The van der Waals surface area contributed by atoms with Crippen LogP contribution in [-0.2, 0) is 16.1 Å². The first-order valence-electron chi connectivity index (χ1n) is 10.9. The Morgan fingerprint density at radius 1 is 1.06 bits per heavy atom. The zero-order chi connectivity index (χ0) is 22.8. The van der Waals surface area contributed by atoms with Crippen molar-refractivity contribution in [1.82, 2.24) is 20.4 Å². The summed E-state index contributed by atoms with van der Waals surface area (Å²) in [6.45, 7) is 4.14. The number of benzene rings is 2. The summed E-state index contributed by atoms with van der Waals surface area (Å²) >= 11 is 6.44. The molecule has 7 nitrogen and oxygen atoms in total. The highest BCUT2D eigenvalue weighted by atomic mass is 35.5. The lowest BCUT2D eigenvalue weighted by molar-refractivity contribution is -0.121. The van der Waals surface area contributed by atoms with E-state index in [1.54, 1.807) is 11.9 Å². The van der Waals surface area contributed by atoms with E-state index >= 15 is 0 Å². The van der Waals surface area contributed by atoms with Crippen molar-refractivity contribution in [2.45, 2.75) is 19.0 Å². The maximum Gasteiger partial charge on any atom is 0.317 e. The maximum atomic E-state index is 12.4. The number of carbonyl (C=O) groups is 2. The van der Waals surface area contributed by atoms with Gasteiger partial charge in [-0.2, -0.15) is 0 Å². The molecule has 0 bridgehead atoms. The molecule has 2 aromatic rings. The van der Waals surface area contributed by atoms with Crippen molar-refractivity contribution in [2.24, 2.45) is 0 Å². The predicted octanol–water partition coefficient (Wildman–Crippen LogP) is 3.06. The van der Waals surface area contributed by atoms with E-state index in [9.17, 15) is 9.59 Å². The Bertz CT molecular complexity index is 875. The third-order valence-corrected chi connectivity index (χ3v) is 5.83. The van der Waals surface area contributed by atoms with E-state index in [1.165, 1.54) is 0 Å².